The van der Waals surface area contributed by atoms with Gasteiger partial charge in [-0.05, 0) is 30.0 Å². The number of hydrogen-bond donors (Lipinski definition) is 0. The van der Waals surface area contributed by atoms with Crippen molar-refractivity contribution in [1.82, 2.24) is 14.8 Å². The zero-order chi connectivity index (χ0) is 16.4. The van der Waals surface area contributed by atoms with Crippen molar-refractivity contribution in [2.45, 2.75) is 33.3 Å². The first-order chi connectivity index (χ1) is 11.0. The van der Waals surface area contributed by atoms with Crippen molar-refractivity contribution < 1.29 is 4.74 Å². The lowest BCUT2D eigenvalue weighted by atomic mass is 10.0. The van der Waals surface area contributed by atoms with Gasteiger partial charge in [-0.25, -0.2) is 4.98 Å². The van der Waals surface area contributed by atoms with Gasteiger partial charge in [-0.2, -0.15) is 5.10 Å². The molecule has 0 amide bonds. The lowest BCUT2D eigenvalue weighted by Crippen LogP contribution is -1.99. The first kappa shape index (κ1) is 15.7. The Morgan fingerprint density at radius 1 is 1.30 bits per heavy atom. The second-order valence-corrected chi connectivity index (χ2v) is 6.87. The third-order valence-electron chi connectivity index (χ3n) is 3.76. The Labute approximate surface area is 140 Å². The van der Waals surface area contributed by atoms with E-state index in [9.17, 15) is 0 Å². The molecular formula is C18H21N3OS. The fourth-order valence-electron chi connectivity index (χ4n) is 2.32. The summed E-state index contributed by atoms with van der Waals surface area (Å²) in [5.41, 5.74) is 4.43. The Kier molecular flexibility index (Phi) is 4.48. The number of ether oxygens (including phenoxy) is 1. The maximum Gasteiger partial charge on any atom is 0.131 e. The number of thiazole rings is 1. The lowest BCUT2D eigenvalue weighted by Gasteiger charge is -2.12. The molecule has 0 aliphatic heterocycles. The Bertz CT molecular complexity index is 804. The van der Waals surface area contributed by atoms with E-state index >= 15 is 0 Å². The Morgan fingerprint density at radius 3 is 2.83 bits per heavy atom. The summed E-state index contributed by atoms with van der Waals surface area (Å²) in [4.78, 5) is 4.64. The van der Waals surface area contributed by atoms with Crippen LogP contribution in [0.5, 0.6) is 5.75 Å². The van der Waals surface area contributed by atoms with E-state index in [1.807, 2.05) is 24.8 Å². The summed E-state index contributed by atoms with van der Waals surface area (Å²) < 4.78 is 7.78. The topological polar surface area (TPSA) is 39.9 Å². The van der Waals surface area contributed by atoms with Crippen molar-refractivity contribution in [2.75, 3.05) is 0 Å². The molecule has 0 fully saturated rings. The maximum absolute atomic E-state index is 5.99. The van der Waals surface area contributed by atoms with Crippen LogP contribution in [0.15, 0.2) is 36.0 Å². The standard InChI is InChI=1S/C18H21N3OS/c1-12(2)14-6-5-13(3)17(7-14)22-10-16-11-23-18(20-16)15-8-19-21(4)9-15/h5-9,11-12H,10H2,1-4H3. The van der Waals surface area contributed by atoms with Crippen LogP contribution in [0.1, 0.15) is 36.6 Å². The van der Waals surface area contributed by atoms with E-state index in [-0.39, 0.29) is 0 Å². The van der Waals surface area contributed by atoms with Crippen LogP contribution in [-0.2, 0) is 13.7 Å². The van der Waals surface area contributed by atoms with Crippen molar-refractivity contribution >= 4 is 11.3 Å². The van der Waals surface area contributed by atoms with E-state index in [0.29, 0.717) is 12.5 Å². The quantitative estimate of drug-likeness (QED) is 0.690. The molecule has 4 nitrogen and oxygen atoms in total. The molecule has 0 unspecified atom stereocenters. The number of aromatic nitrogens is 3. The zero-order valence-corrected chi connectivity index (χ0v) is 14.7. The molecule has 0 saturated carbocycles. The first-order valence-corrected chi connectivity index (χ1v) is 8.57. The Balaban J connectivity index is 1.72. The second-order valence-electron chi connectivity index (χ2n) is 6.01. The van der Waals surface area contributed by atoms with E-state index in [2.05, 4.69) is 49.1 Å². The lowest BCUT2D eigenvalue weighted by molar-refractivity contribution is 0.300. The zero-order valence-electron chi connectivity index (χ0n) is 13.9. The van der Waals surface area contributed by atoms with E-state index in [1.54, 1.807) is 16.0 Å². The maximum atomic E-state index is 5.99. The summed E-state index contributed by atoms with van der Waals surface area (Å²) >= 11 is 1.62. The van der Waals surface area contributed by atoms with Gasteiger partial charge in [-0.15, -0.1) is 11.3 Å². The Morgan fingerprint density at radius 2 is 2.13 bits per heavy atom. The molecule has 0 N–H and O–H groups in total. The van der Waals surface area contributed by atoms with Gasteiger partial charge in [-0.3, -0.25) is 4.68 Å². The molecule has 0 aliphatic rings. The predicted molar refractivity (Wildman–Crippen MR) is 93.9 cm³/mol. The van der Waals surface area contributed by atoms with Crippen molar-refractivity contribution in [3.63, 3.8) is 0 Å². The highest BCUT2D eigenvalue weighted by Crippen LogP contribution is 2.27. The summed E-state index contributed by atoms with van der Waals surface area (Å²) in [6.07, 6.45) is 3.81. The smallest absolute Gasteiger partial charge is 0.131 e. The minimum Gasteiger partial charge on any atom is -0.487 e. The molecule has 0 atom stereocenters. The summed E-state index contributed by atoms with van der Waals surface area (Å²) in [6.45, 7) is 6.94. The molecule has 1 aromatic carbocycles. The summed E-state index contributed by atoms with van der Waals surface area (Å²) in [7, 11) is 1.91. The first-order valence-electron chi connectivity index (χ1n) is 7.69. The van der Waals surface area contributed by atoms with Crippen LogP contribution in [0.4, 0.5) is 0 Å². The number of rotatable bonds is 5. The molecule has 2 heterocycles. The van der Waals surface area contributed by atoms with Crippen LogP contribution in [0, 0.1) is 6.92 Å². The average Bonchev–Trinajstić information content (AvgIpc) is 3.15. The van der Waals surface area contributed by atoms with Crippen molar-refractivity contribution in [3.8, 4) is 16.3 Å². The van der Waals surface area contributed by atoms with Crippen LogP contribution in [0.3, 0.4) is 0 Å². The third-order valence-corrected chi connectivity index (χ3v) is 4.70. The van der Waals surface area contributed by atoms with Crippen LogP contribution in [0.25, 0.3) is 10.6 Å². The SMILES string of the molecule is Cc1ccc(C(C)C)cc1OCc1csc(-c2cnn(C)c2)n1. The van der Waals surface area contributed by atoms with Gasteiger partial charge in [0.25, 0.3) is 0 Å². The van der Waals surface area contributed by atoms with Crippen LogP contribution >= 0.6 is 11.3 Å². The van der Waals surface area contributed by atoms with Gasteiger partial charge < -0.3 is 4.74 Å². The second kappa shape index (κ2) is 6.54. The minimum absolute atomic E-state index is 0.485. The molecule has 23 heavy (non-hydrogen) atoms. The van der Waals surface area contributed by atoms with E-state index in [0.717, 1.165) is 27.6 Å². The average molecular weight is 327 g/mol. The summed E-state index contributed by atoms with van der Waals surface area (Å²) in [5.74, 6) is 1.43. The predicted octanol–water partition coefficient (Wildman–Crippen LogP) is 4.55. The highest BCUT2D eigenvalue weighted by molar-refractivity contribution is 7.13. The number of aryl methyl sites for hydroxylation is 2. The number of nitrogens with zero attached hydrogens (tertiary/aromatic N) is 3. The van der Waals surface area contributed by atoms with Gasteiger partial charge in [0.1, 0.15) is 17.4 Å². The van der Waals surface area contributed by atoms with Gasteiger partial charge in [0.15, 0.2) is 0 Å². The molecule has 3 aromatic rings. The van der Waals surface area contributed by atoms with Crippen molar-refractivity contribution in [3.05, 3.63) is 52.8 Å². The summed E-state index contributed by atoms with van der Waals surface area (Å²) in [5, 5.41) is 7.21. The molecule has 0 aliphatic carbocycles. The summed E-state index contributed by atoms with van der Waals surface area (Å²) in [6, 6.07) is 6.41. The van der Waals surface area contributed by atoms with E-state index in [1.165, 1.54) is 5.56 Å². The van der Waals surface area contributed by atoms with Crippen LogP contribution < -0.4 is 4.74 Å². The minimum atomic E-state index is 0.485. The molecule has 0 spiro atoms. The molecule has 0 saturated heterocycles. The van der Waals surface area contributed by atoms with Gasteiger partial charge >= 0.3 is 0 Å². The van der Waals surface area contributed by atoms with Crippen molar-refractivity contribution in [1.29, 1.82) is 0 Å². The van der Waals surface area contributed by atoms with Crippen molar-refractivity contribution in [2.24, 2.45) is 7.05 Å². The molecule has 120 valence electrons. The van der Waals surface area contributed by atoms with Gasteiger partial charge in [0, 0.05) is 24.2 Å². The molecule has 0 radical (unpaired) electrons. The number of benzene rings is 1. The molecular weight excluding hydrogens is 306 g/mol. The van der Waals surface area contributed by atoms with Crippen LogP contribution in [-0.4, -0.2) is 14.8 Å². The fraction of sp³-hybridized carbons (Fsp3) is 0.333. The molecule has 3 rings (SSSR count). The Hall–Kier alpha value is -2.14. The third kappa shape index (κ3) is 3.62. The highest BCUT2D eigenvalue weighted by atomic mass is 32.1. The molecule has 0 bridgehead atoms. The van der Waals surface area contributed by atoms with Crippen LogP contribution in [0.2, 0.25) is 0 Å². The number of hydrogen-bond acceptors (Lipinski definition) is 4. The molecule has 5 heteroatoms. The van der Waals surface area contributed by atoms with Gasteiger partial charge in [0.2, 0.25) is 0 Å². The van der Waals surface area contributed by atoms with E-state index < -0.39 is 0 Å². The largest absolute Gasteiger partial charge is 0.487 e. The van der Waals surface area contributed by atoms with Gasteiger partial charge in [0.05, 0.1) is 11.9 Å². The molecule has 2 aromatic heterocycles. The highest BCUT2D eigenvalue weighted by Gasteiger charge is 2.09. The monoisotopic (exact) mass is 327 g/mol. The van der Waals surface area contributed by atoms with Gasteiger partial charge in [-0.1, -0.05) is 26.0 Å². The normalized spacial score (nSPS) is 11.2. The van der Waals surface area contributed by atoms with E-state index in [4.69, 9.17) is 4.74 Å². The fourth-order valence-corrected chi connectivity index (χ4v) is 3.10.